The summed E-state index contributed by atoms with van der Waals surface area (Å²) in [6.07, 6.45) is 6.30. The van der Waals surface area contributed by atoms with E-state index in [1.54, 1.807) is 0 Å². The standard InChI is InChI=1S/C20H24N2O5S2/c23-19(8-5-13-3-1-2-4-13)21-20-22(15-10-29(24,25)11-18(15)28-20)14-6-7-16-17(9-14)27-12-26-16/h6-7,9,13,15,18H,1-5,8,10-12H2/t15-,18-/m1/s1. The number of ether oxygens (including phenoxy) is 2. The highest BCUT2D eigenvalue weighted by Gasteiger charge is 2.49. The average Bonchev–Trinajstić information content (AvgIpc) is 3.43. The third kappa shape index (κ3) is 3.86. The van der Waals surface area contributed by atoms with Crippen LogP contribution >= 0.6 is 11.8 Å². The van der Waals surface area contributed by atoms with Gasteiger partial charge in [-0.15, -0.1) is 0 Å². The molecule has 4 aliphatic rings. The molecule has 0 aromatic heterocycles. The summed E-state index contributed by atoms with van der Waals surface area (Å²) in [4.78, 5) is 18.9. The molecule has 1 saturated carbocycles. The minimum absolute atomic E-state index is 0.0778. The highest BCUT2D eigenvalue weighted by atomic mass is 32.2. The monoisotopic (exact) mass is 436 g/mol. The molecule has 9 heteroatoms. The lowest BCUT2D eigenvalue weighted by molar-refractivity contribution is -0.118. The third-order valence-electron chi connectivity index (χ3n) is 6.16. The zero-order chi connectivity index (χ0) is 20.0. The van der Waals surface area contributed by atoms with Gasteiger partial charge < -0.3 is 14.4 Å². The molecule has 1 aliphatic carbocycles. The topological polar surface area (TPSA) is 85.3 Å². The molecule has 0 N–H and O–H groups in total. The van der Waals surface area contributed by atoms with E-state index in [1.807, 2.05) is 23.1 Å². The van der Waals surface area contributed by atoms with Crippen molar-refractivity contribution >= 4 is 38.4 Å². The molecule has 3 heterocycles. The first-order valence-corrected chi connectivity index (χ1v) is 12.9. The zero-order valence-electron chi connectivity index (χ0n) is 16.1. The Labute approximate surface area is 174 Å². The summed E-state index contributed by atoms with van der Waals surface area (Å²) >= 11 is 1.41. The van der Waals surface area contributed by atoms with Gasteiger partial charge in [-0.25, -0.2) is 8.42 Å². The van der Waals surface area contributed by atoms with Crippen molar-refractivity contribution in [2.75, 3.05) is 23.2 Å². The molecule has 0 radical (unpaired) electrons. The molecule has 2 atom stereocenters. The van der Waals surface area contributed by atoms with Gasteiger partial charge in [0.2, 0.25) is 12.7 Å². The number of amides is 1. The quantitative estimate of drug-likeness (QED) is 0.717. The Morgan fingerprint density at radius 3 is 2.79 bits per heavy atom. The van der Waals surface area contributed by atoms with Crippen LogP contribution < -0.4 is 14.4 Å². The molecule has 7 nitrogen and oxygen atoms in total. The normalized spacial score (nSPS) is 29.0. The van der Waals surface area contributed by atoms with E-state index in [0.717, 1.165) is 12.1 Å². The van der Waals surface area contributed by atoms with Crippen molar-refractivity contribution in [1.82, 2.24) is 0 Å². The van der Waals surface area contributed by atoms with Crippen molar-refractivity contribution < 1.29 is 22.7 Å². The van der Waals surface area contributed by atoms with E-state index in [0.29, 0.717) is 29.0 Å². The average molecular weight is 437 g/mol. The largest absolute Gasteiger partial charge is 0.454 e. The van der Waals surface area contributed by atoms with Crippen LogP contribution in [-0.2, 0) is 14.6 Å². The van der Waals surface area contributed by atoms with E-state index < -0.39 is 9.84 Å². The maximum absolute atomic E-state index is 12.6. The number of carbonyl (C=O) groups excluding carboxylic acids is 1. The predicted octanol–water partition coefficient (Wildman–Crippen LogP) is 2.99. The van der Waals surface area contributed by atoms with Crippen molar-refractivity contribution in [3.63, 3.8) is 0 Å². The summed E-state index contributed by atoms with van der Waals surface area (Å²) in [6.45, 7) is 0.175. The number of rotatable bonds is 4. The van der Waals surface area contributed by atoms with Gasteiger partial charge in [-0.1, -0.05) is 37.4 Å². The molecule has 5 rings (SSSR count). The molecule has 3 fully saturated rings. The Kier molecular flexibility index (Phi) is 4.98. The van der Waals surface area contributed by atoms with Crippen molar-refractivity contribution in [2.45, 2.75) is 49.8 Å². The molecule has 1 amide bonds. The van der Waals surface area contributed by atoms with E-state index >= 15 is 0 Å². The van der Waals surface area contributed by atoms with Crippen LogP contribution in [0.5, 0.6) is 11.5 Å². The van der Waals surface area contributed by atoms with Crippen LogP contribution in [0.25, 0.3) is 0 Å². The number of hydrogen-bond donors (Lipinski definition) is 0. The van der Waals surface area contributed by atoms with Crippen LogP contribution in [-0.4, -0.2) is 49.1 Å². The Hall–Kier alpha value is -1.74. The van der Waals surface area contributed by atoms with Crippen LogP contribution in [0.1, 0.15) is 38.5 Å². The van der Waals surface area contributed by atoms with Crippen molar-refractivity contribution in [3.05, 3.63) is 18.2 Å². The number of anilines is 1. The Morgan fingerprint density at radius 2 is 1.97 bits per heavy atom. The van der Waals surface area contributed by atoms with Gasteiger partial charge in [0, 0.05) is 23.4 Å². The lowest BCUT2D eigenvalue weighted by Gasteiger charge is -2.24. The minimum Gasteiger partial charge on any atom is -0.454 e. The summed E-state index contributed by atoms with van der Waals surface area (Å²) < 4.78 is 35.3. The van der Waals surface area contributed by atoms with Crippen molar-refractivity contribution in [1.29, 1.82) is 0 Å². The fourth-order valence-corrected chi connectivity index (χ4v) is 8.62. The first kappa shape index (κ1) is 19.2. The lowest BCUT2D eigenvalue weighted by atomic mass is 10.0. The van der Waals surface area contributed by atoms with Gasteiger partial charge in [0.05, 0.1) is 17.5 Å². The number of aliphatic imine (C=N–C) groups is 1. The molecule has 2 saturated heterocycles. The van der Waals surface area contributed by atoms with Gasteiger partial charge in [0.1, 0.15) is 0 Å². The van der Waals surface area contributed by atoms with Gasteiger partial charge in [-0.3, -0.25) is 4.79 Å². The molecule has 3 aliphatic heterocycles. The fourth-order valence-electron chi connectivity index (χ4n) is 4.69. The zero-order valence-corrected chi connectivity index (χ0v) is 17.7. The maximum Gasteiger partial charge on any atom is 0.248 e. The Bertz CT molecular complexity index is 956. The molecular weight excluding hydrogens is 412 g/mol. The SMILES string of the molecule is O=C(CCC1CCCC1)N=C1S[C@@H]2CS(=O)(=O)C[C@H]2N1c1ccc2c(c1)OCO2. The number of sulfone groups is 1. The Balaban J connectivity index is 1.40. The summed E-state index contributed by atoms with van der Waals surface area (Å²) in [5.41, 5.74) is 0.786. The number of carbonyl (C=O) groups is 1. The van der Waals surface area contributed by atoms with Gasteiger partial charge >= 0.3 is 0 Å². The van der Waals surface area contributed by atoms with Crippen LogP contribution in [0.15, 0.2) is 23.2 Å². The van der Waals surface area contributed by atoms with E-state index in [9.17, 15) is 13.2 Å². The predicted molar refractivity (Wildman–Crippen MR) is 112 cm³/mol. The van der Waals surface area contributed by atoms with Crippen molar-refractivity contribution in [2.24, 2.45) is 10.9 Å². The summed E-state index contributed by atoms with van der Waals surface area (Å²) in [6, 6.07) is 5.32. The molecule has 0 bridgehead atoms. The third-order valence-corrected chi connectivity index (χ3v) is 9.37. The summed E-state index contributed by atoms with van der Waals surface area (Å²) in [7, 11) is -3.09. The number of hydrogen-bond acceptors (Lipinski definition) is 6. The summed E-state index contributed by atoms with van der Waals surface area (Å²) in [5, 5.41) is 0.497. The van der Waals surface area contributed by atoms with E-state index in [1.165, 1.54) is 37.4 Å². The Morgan fingerprint density at radius 1 is 1.17 bits per heavy atom. The van der Waals surface area contributed by atoms with Crippen LogP contribution in [0.4, 0.5) is 5.69 Å². The molecule has 0 unspecified atom stereocenters. The van der Waals surface area contributed by atoms with Gasteiger partial charge in [-0.05, 0) is 24.5 Å². The van der Waals surface area contributed by atoms with Gasteiger partial charge in [0.25, 0.3) is 0 Å². The maximum atomic E-state index is 12.6. The first-order chi connectivity index (χ1) is 14.0. The summed E-state index contributed by atoms with van der Waals surface area (Å²) in [5.74, 6) is 2.02. The molecule has 1 aromatic rings. The van der Waals surface area contributed by atoms with E-state index in [2.05, 4.69) is 4.99 Å². The molecule has 1 aromatic carbocycles. The molecule has 29 heavy (non-hydrogen) atoms. The van der Waals surface area contributed by atoms with E-state index in [4.69, 9.17) is 9.47 Å². The van der Waals surface area contributed by atoms with Gasteiger partial charge in [-0.2, -0.15) is 4.99 Å². The smallest absolute Gasteiger partial charge is 0.248 e. The van der Waals surface area contributed by atoms with Crippen LogP contribution in [0, 0.1) is 5.92 Å². The molecule has 156 valence electrons. The fraction of sp³-hybridized carbons (Fsp3) is 0.600. The second kappa shape index (κ2) is 7.50. The number of nitrogens with zero attached hydrogens (tertiary/aromatic N) is 2. The van der Waals surface area contributed by atoms with Crippen molar-refractivity contribution in [3.8, 4) is 11.5 Å². The van der Waals surface area contributed by atoms with Gasteiger partial charge in [0.15, 0.2) is 26.5 Å². The lowest BCUT2D eigenvalue weighted by Crippen LogP contribution is -2.37. The number of fused-ring (bicyclic) bond motifs is 2. The second-order valence-electron chi connectivity index (χ2n) is 8.19. The highest BCUT2D eigenvalue weighted by molar-refractivity contribution is 8.16. The van der Waals surface area contributed by atoms with Crippen LogP contribution in [0.3, 0.4) is 0 Å². The molecular formula is C20H24N2O5S2. The highest BCUT2D eigenvalue weighted by Crippen LogP contribution is 2.44. The first-order valence-electron chi connectivity index (χ1n) is 10.2. The second-order valence-corrected chi connectivity index (χ2v) is 11.5. The number of amidine groups is 1. The van der Waals surface area contributed by atoms with E-state index in [-0.39, 0.29) is 35.5 Å². The number of benzene rings is 1. The molecule has 0 spiro atoms. The minimum atomic E-state index is -3.09. The number of thioether (sulfide) groups is 1. The van der Waals surface area contributed by atoms with Crippen LogP contribution in [0.2, 0.25) is 0 Å².